The molecule has 0 saturated carbocycles. The van der Waals surface area contributed by atoms with Crippen LogP contribution < -0.4 is 13.8 Å². The maximum absolute atomic E-state index is 13.3. The first-order valence-corrected chi connectivity index (χ1v) is 11.2. The van der Waals surface area contributed by atoms with Gasteiger partial charge in [0.25, 0.3) is 10.0 Å². The molecule has 0 aromatic heterocycles. The molecule has 0 radical (unpaired) electrons. The SMILES string of the molecule is CCCCOc1ccc(S(=O)(=O)N2CC(/C=C/C(=O)O)c3cc(OC)ccc32)cc1. The summed E-state index contributed by atoms with van der Waals surface area (Å²) in [5, 5.41) is 8.97. The lowest BCUT2D eigenvalue weighted by Crippen LogP contribution is -2.29. The summed E-state index contributed by atoms with van der Waals surface area (Å²) in [5.74, 6) is -0.274. The van der Waals surface area contributed by atoms with Crippen molar-refractivity contribution in [3.63, 3.8) is 0 Å². The second kappa shape index (κ2) is 9.21. The Kier molecular flexibility index (Phi) is 6.66. The second-order valence-electron chi connectivity index (χ2n) is 6.94. The highest BCUT2D eigenvalue weighted by Crippen LogP contribution is 2.42. The summed E-state index contributed by atoms with van der Waals surface area (Å²) in [7, 11) is -2.30. The summed E-state index contributed by atoms with van der Waals surface area (Å²) >= 11 is 0. The number of carbonyl (C=O) groups is 1. The molecule has 7 nitrogen and oxygen atoms in total. The second-order valence-corrected chi connectivity index (χ2v) is 8.80. The van der Waals surface area contributed by atoms with Gasteiger partial charge in [-0.15, -0.1) is 0 Å². The lowest BCUT2D eigenvalue weighted by molar-refractivity contribution is -0.131. The van der Waals surface area contributed by atoms with Gasteiger partial charge in [0.2, 0.25) is 0 Å². The van der Waals surface area contributed by atoms with Crippen LogP contribution in [0.3, 0.4) is 0 Å². The number of anilines is 1. The number of ether oxygens (including phenoxy) is 2. The maximum atomic E-state index is 13.3. The fourth-order valence-electron chi connectivity index (χ4n) is 3.32. The van der Waals surface area contributed by atoms with E-state index < -0.39 is 21.9 Å². The van der Waals surface area contributed by atoms with E-state index in [-0.39, 0.29) is 11.4 Å². The van der Waals surface area contributed by atoms with E-state index in [4.69, 9.17) is 14.6 Å². The highest BCUT2D eigenvalue weighted by Gasteiger charge is 2.36. The number of aliphatic carboxylic acids is 1. The normalized spacial score (nSPS) is 15.9. The minimum Gasteiger partial charge on any atom is -0.497 e. The van der Waals surface area contributed by atoms with Crippen LogP contribution in [0, 0.1) is 0 Å². The van der Waals surface area contributed by atoms with Crippen molar-refractivity contribution < 1.29 is 27.8 Å². The highest BCUT2D eigenvalue weighted by molar-refractivity contribution is 7.92. The average molecular weight is 432 g/mol. The molecule has 0 bridgehead atoms. The topological polar surface area (TPSA) is 93.1 Å². The molecule has 1 aliphatic rings. The van der Waals surface area contributed by atoms with Crippen molar-refractivity contribution in [1.29, 1.82) is 0 Å². The van der Waals surface area contributed by atoms with Gasteiger partial charge in [0.05, 0.1) is 24.3 Å². The molecular formula is C22H25NO6S. The van der Waals surface area contributed by atoms with Crippen molar-refractivity contribution in [3.05, 3.63) is 60.2 Å². The summed E-state index contributed by atoms with van der Waals surface area (Å²) in [6, 6.07) is 11.5. The third-order valence-electron chi connectivity index (χ3n) is 4.91. The smallest absolute Gasteiger partial charge is 0.327 e. The third kappa shape index (κ3) is 4.59. The van der Waals surface area contributed by atoms with Crippen LogP contribution >= 0.6 is 0 Å². The molecule has 1 N–H and O–H groups in total. The van der Waals surface area contributed by atoms with E-state index in [1.165, 1.54) is 29.6 Å². The van der Waals surface area contributed by atoms with E-state index >= 15 is 0 Å². The molecule has 1 aliphatic heterocycles. The molecule has 1 unspecified atom stereocenters. The van der Waals surface area contributed by atoms with Crippen molar-refractivity contribution in [3.8, 4) is 11.5 Å². The lowest BCUT2D eigenvalue weighted by atomic mass is 10.0. The lowest BCUT2D eigenvalue weighted by Gasteiger charge is -2.20. The zero-order valence-corrected chi connectivity index (χ0v) is 17.8. The van der Waals surface area contributed by atoms with Gasteiger partial charge < -0.3 is 14.6 Å². The predicted molar refractivity (Wildman–Crippen MR) is 114 cm³/mol. The number of rotatable bonds is 9. The van der Waals surface area contributed by atoms with E-state index in [0.717, 1.165) is 18.9 Å². The van der Waals surface area contributed by atoms with Gasteiger partial charge >= 0.3 is 5.97 Å². The van der Waals surface area contributed by atoms with Crippen molar-refractivity contribution in [1.82, 2.24) is 0 Å². The Morgan fingerprint density at radius 2 is 1.90 bits per heavy atom. The number of fused-ring (bicyclic) bond motifs is 1. The fourth-order valence-corrected chi connectivity index (χ4v) is 4.84. The molecule has 1 atom stereocenters. The van der Waals surface area contributed by atoms with Crippen molar-refractivity contribution in [2.45, 2.75) is 30.6 Å². The summed E-state index contributed by atoms with van der Waals surface area (Å²) < 4.78 is 38.8. The molecule has 0 amide bonds. The Bertz CT molecular complexity index is 1030. The number of hydrogen-bond donors (Lipinski definition) is 1. The van der Waals surface area contributed by atoms with E-state index in [1.807, 2.05) is 0 Å². The van der Waals surface area contributed by atoms with Crippen molar-refractivity contribution in [2.75, 3.05) is 24.6 Å². The molecule has 0 saturated heterocycles. The van der Waals surface area contributed by atoms with Gasteiger partial charge in [0.1, 0.15) is 11.5 Å². The molecule has 2 aromatic carbocycles. The Morgan fingerprint density at radius 3 is 2.53 bits per heavy atom. The standard InChI is InChI=1S/C22H25NO6S/c1-3-4-13-29-17-6-9-19(10-7-17)30(26,27)23-15-16(5-12-22(24)25)20-14-18(28-2)8-11-21(20)23/h5-12,14,16H,3-4,13,15H2,1-2H3,(H,24,25)/b12-5+. The van der Waals surface area contributed by atoms with Gasteiger partial charge in [-0.3, -0.25) is 4.31 Å². The largest absolute Gasteiger partial charge is 0.497 e. The Morgan fingerprint density at radius 1 is 1.20 bits per heavy atom. The molecule has 30 heavy (non-hydrogen) atoms. The van der Waals surface area contributed by atoms with Gasteiger partial charge in [-0.25, -0.2) is 13.2 Å². The molecular weight excluding hydrogens is 406 g/mol. The van der Waals surface area contributed by atoms with Crippen LogP contribution in [0.25, 0.3) is 0 Å². The van der Waals surface area contributed by atoms with Crippen LogP contribution in [-0.2, 0) is 14.8 Å². The van der Waals surface area contributed by atoms with Gasteiger partial charge in [0.15, 0.2) is 0 Å². The van der Waals surface area contributed by atoms with Gasteiger partial charge in [-0.2, -0.15) is 0 Å². The quantitative estimate of drug-likeness (QED) is 0.479. The summed E-state index contributed by atoms with van der Waals surface area (Å²) in [4.78, 5) is 11.1. The number of carboxylic acids is 1. The van der Waals surface area contributed by atoms with E-state index in [1.54, 1.807) is 30.3 Å². The number of nitrogens with zero attached hydrogens (tertiary/aromatic N) is 1. The number of carboxylic acid groups (broad SMARTS) is 1. The van der Waals surface area contributed by atoms with Crippen molar-refractivity contribution in [2.24, 2.45) is 0 Å². The highest BCUT2D eigenvalue weighted by atomic mass is 32.2. The Labute approximate surface area is 176 Å². The Hall–Kier alpha value is -3.00. The first-order chi connectivity index (χ1) is 14.4. The zero-order chi connectivity index (χ0) is 21.7. The molecule has 0 fully saturated rings. The van der Waals surface area contributed by atoms with E-state index in [2.05, 4.69) is 6.92 Å². The Balaban J connectivity index is 1.91. The van der Waals surface area contributed by atoms with E-state index in [0.29, 0.717) is 29.4 Å². The maximum Gasteiger partial charge on any atom is 0.327 e. The molecule has 0 aliphatic carbocycles. The summed E-state index contributed by atoms with van der Waals surface area (Å²) in [6.45, 7) is 2.77. The fraction of sp³-hybridized carbons (Fsp3) is 0.318. The van der Waals surface area contributed by atoms with Crippen LogP contribution in [0.15, 0.2) is 59.5 Å². The van der Waals surface area contributed by atoms with Crippen LogP contribution in [0.2, 0.25) is 0 Å². The molecule has 8 heteroatoms. The van der Waals surface area contributed by atoms with Crippen LogP contribution in [-0.4, -0.2) is 39.8 Å². The van der Waals surface area contributed by atoms with Gasteiger partial charge in [0, 0.05) is 18.5 Å². The summed E-state index contributed by atoms with van der Waals surface area (Å²) in [5.41, 5.74) is 1.22. The zero-order valence-electron chi connectivity index (χ0n) is 16.9. The van der Waals surface area contributed by atoms with E-state index in [9.17, 15) is 13.2 Å². The van der Waals surface area contributed by atoms with Crippen molar-refractivity contribution >= 4 is 21.7 Å². The number of unbranched alkanes of at least 4 members (excludes halogenated alkanes) is 1. The predicted octanol–water partition coefficient (Wildman–Crippen LogP) is 3.81. The first kappa shape index (κ1) is 21.7. The van der Waals surface area contributed by atoms with Crippen LogP contribution in [0.5, 0.6) is 11.5 Å². The molecule has 160 valence electrons. The van der Waals surface area contributed by atoms with Crippen LogP contribution in [0.4, 0.5) is 5.69 Å². The molecule has 3 rings (SSSR count). The minimum absolute atomic E-state index is 0.114. The molecule has 1 heterocycles. The molecule has 0 spiro atoms. The monoisotopic (exact) mass is 431 g/mol. The summed E-state index contributed by atoms with van der Waals surface area (Å²) in [6.07, 6.45) is 4.48. The number of sulfonamides is 1. The number of benzene rings is 2. The first-order valence-electron chi connectivity index (χ1n) is 9.71. The number of hydrogen-bond acceptors (Lipinski definition) is 5. The van der Waals surface area contributed by atoms with Gasteiger partial charge in [-0.05, 0) is 54.4 Å². The minimum atomic E-state index is -3.83. The number of methoxy groups -OCH3 is 1. The molecule has 2 aromatic rings. The third-order valence-corrected chi connectivity index (χ3v) is 6.71. The average Bonchev–Trinajstić information content (AvgIpc) is 3.11. The van der Waals surface area contributed by atoms with Gasteiger partial charge in [-0.1, -0.05) is 19.4 Å². The van der Waals surface area contributed by atoms with Crippen LogP contribution in [0.1, 0.15) is 31.2 Å².